The Bertz CT molecular complexity index is 807. The molecule has 0 unspecified atom stereocenters. The van der Waals surface area contributed by atoms with Gasteiger partial charge in [-0.25, -0.2) is 4.99 Å². The molecule has 0 aliphatic rings. The molecule has 0 aromatic heterocycles. The Morgan fingerprint density at radius 2 is 1.89 bits per heavy atom. The van der Waals surface area contributed by atoms with Gasteiger partial charge in [0.05, 0.1) is 13.7 Å². The van der Waals surface area contributed by atoms with Crippen molar-refractivity contribution in [1.29, 1.82) is 0 Å². The Kier molecular flexibility index (Phi) is 8.62. The summed E-state index contributed by atoms with van der Waals surface area (Å²) >= 11 is 6.29. The molecule has 0 bridgehead atoms. The van der Waals surface area contributed by atoms with Gasteiger partial charge in [0.15, 0.2) is 5.96 Å². The summed E-state index contributed by atoms with van der Waals surface area (Å²) in [6.45, 7) is 4.01. The van der Waals surface area contributed by atoms with E-state index in [1.807, 2.05) is 37.3 Å². The molecule has 0 fully saturated rings. The van der Waals surface area contributed by atoms with Crippen LogP contribution in [0.3, 0.4) is 0 Å². The molecule has 2 rings (SSSR count). The van der Waals surface area contributed by atoms with Gasteiger partial charge in [-0.2, -0.15) is 0 Å². The van der Waals surface area contributed by atoms with Crippen molar-refractivity contribution in [2.45, 2.75) is 19.9 Å². The Balaban J connectivity index is 1.92. The first kappa shape index (κ1) is 21.6. The van der Waals surface area contributed by atoms with Crippen molar-refractivity contribution in [3.8, 4) is 5.75 Å². The third-order valence-electron chi connectivity index (χ3n) is 4.15. The van der Waals surface area contributed by atoms with Crippen molar-refractivity contribution >= 4 is 23.5 Å². The molecule has 3 N–H and O–H groups in total. The van der Waals surface area contributed by atoms with Gasteiger partial charge in [0.2, 0.25) is 0 Å². The summed E-state index contributed by atoms with van der Waals surface area (Å²) in [7, 11) is 3.24. The maximum Gasteiger partial charge on any atom is 0.251 e. The van der Waals surface area contributed by atoms with E-state index in [4.69, 9.17) is 16.3 Å². The number of nitrogens with one attached hydrogen (secondary N) is 3. The van der Waals surface area contributed by atoms with Gasteiger partial charge in [0.25, 0.3) is 5.91 Å². The van der Waals surface area contributed by atoms with E-state index in [2.05, 4.69) is 20.9 Å². The van der Waals surface area contributed by atoms with E-state index in [1.54, 1.807) is 26.3 Å². The predicted octanol–water partition coefficient (Wildman–Crippen LogP) is 3.01. The van der Waals surface area contributed by atoms with Crippen LogP contribution >= 0.6 is 11.6 Å². The average molecular weight is 403 g/mol. The Morgan fingerprint density at radius 1 is 1.14 bits per heavy atom. The number of methoxy groups -OCH3 is 1. The minimum absolute atomic E-state index is 0.0951. The highest BCUT2D eigenvalue weighted by Gasteiger charge is 2.05. The molecule has 1 amide bonds. The lowest BCUT2D eigenvalue weighted by molar-refractivity contribution is 0.0963. The van der Waals surface area contributed by atoms with Gasteiger partial charge in [-0.1, -0.05) is 29.8 Å². The second-order valence-electron chi connectivity index (χ2n) is 6.11. The molecule has 0 spiro atoms. The molecule has 0 heterocycles. The van der Waals surface area contributed by atoms with Crippen molar-refractivity contribution in [3.05, 3.63) is 64.2 Å². The van der Waals surface area contributed by atoms with Crippen molar-refractivity contribution in [1.82, 2.24) is 16.0 Å². The van der Waals surface area contributed by atoms with E-state index in [9.17, 15) is 4.79 Å². The first-order valence-electron chi connectivity index (χ1n) is 9.23. The molecule has 0 saturated heterocycles. The Hall–Kier alpha value is -2.73. The normalized spacial score (nSPS) is 11.1. The van der Waals surface area contributed by atoms with E-state index in [1.165, 1.54) is 0 Å². The van der Waals surface area contributed by atoms with Gasteiger partial charge in [0, 0.05) is 30.7 Å². The molecule has 0 aliphatic carbocycles. The monoisotopic (exact) mass is 402 g/mol. The third-order valence-corrected chi connectivity index (χ3v) is 4.51. The minimum Gasteiger partial charge on any atom is -0.497 e. The molecule has 6 nitrogen and oxygen atoms in total. The number of nitrogens with zero attached hydrogens (tertiary/aromatic N) is 1. The van der Waals surface area contributed by atoms with Gasteiger partial charge in [-0.15, -0.1) is 0 Å². The Morgan fingerprint density at radius 3 is 2.50 bits per heavy atom. The lowest BCUT2D eigenvalue weighted by Crippen LogP contribution is -2.38. The van der Waals surface area contributed by atoms with E-state index < -0.39 is 0 Å². The van der Waals surface area contributed by atoms with E-state index in [-0.39, 0.29) is 5.91 Å². The summed E-state index contributed by atoms with van der Waals surface area (Å²) in [6, 6.07) is 13.1. The number of rotatable bonds is 8. The minimum atomic E-state index is -0.0951. The maximum absolute atomic E-state index is 11.6. The SMILES string of the molecule is CCNC(=NCc1ccc(C(=O)NC)cc1)NCCc1ccc(OC)cc1Cl. The highest BCUT2D eigenvalue weighted by atomic mass is 35.5. The van der Waals surface area contributed by atoms with Crippen LogP contribution in [-0.4, -0.2) is 39.1 Å². The maximum atomic E-state index is 11.6. The van der Waals surface area contributed by atoms with Crippen LogP contribution in [0.4, 0.5) is 0 Å². The number of ether oxygens (including phenoxy) is 1. The fourth-order valence-electron chi connectivity index (χ4n) is 2.59. The Labute approximate surface area is 171 Å². The fourth-order valence-corrected chi connectivity index (χ4v) is 2.86. The van der Waals surface area contributed by atoms with Gasteiger partial charge in [-0.05, 0) is 48.7 Å². The second-order valence-corrected chi connectivity index (χ2v) is 6.51. The average Bonchev–Trinajstić information content (AvgIpc) is 2.72. The first-order valence-corrected chi connectivity index (χ1v) is 9.60. The number of amides is 1. The molecule has 0 aliphatic heterocycles. The number of aliphatic imine (C=N–C) groups is 1. The smallest absolute Gasteiger partial charge is 0.251 e. The number of hydrogen-bond donors (Lipinski definition) is 3. The summed E-state index contributed by atoms with van der Waals surface area (Å²) in [5.41, 5.74) is 2.72. The van der Waals surface area contributed by atoms with Gasteiger partial charge in [-0.3, -0.25) is 4.79 Å². The summed E-state index contributed by atoms with van der Waals surface area (Å²) < 4.78 is 5.17. The van der Waals surface area contributed by atoms with Crippen LogP contribution in [0.5, 0.6) is 5.75 Å². The van der Waals surface area contributed by atoms with Crippen LogP contribution in [-0.2, 0) is 13.0 Å². The second kappa shape index (κ2) is 11.2. The summed E-state index contributed by atoms with van der Waals surface area (Å²) in [4.78, 5) is 16.2. The van der Waals surface area contributed by atoms with Crippen molar-refractivity contribution in [3.63, 3.8) is 0 Å². The number of guanidine groups is 1. The highest BCUT2D eigenvalue weighted by molar-refractivity contribution is 6.31. The van der Waals surface area contributed by atoms with Crippen LogP contribution in [0.15, 0.2) is 47.5 Å². The fraction of sp³-hybridized carbons (Fsp3) is 0.333. The highest BCUT2D eigenvalue weighted by Crippen LogP contribution is 2.22. The lowest BCUT2D eigenvalue weighted by Gasteiger charge is -2.12. The number of halogens is 1. The van der Waals surface area contributed by atoms with Crippen molar-refractivity contribution in [2.24, 2.45) is 4.99 Å². The summed E-state index contributed by atoms with van der Waals surface area (Å²) in [5.74, 6) is 1.39. The zero-order chi connectivity index (χ0) is 20.4. The molecular formula is C21H27ClN4O2. The van der Waals surface area contributed by atoms with Crippen LogP contribution < -0.4 is 20.7 Å². The zero-order valence-electron chi connectivity index (χ0n) is 16.5. The number of benzene rings is 2. The largest absolute Gasteiger partial charge is 0.497 e. The molecule has 0 saturated carbocycles. The van der Waals surface area contributed by atoms with Gasteiger partial charge < -0.3 is 20.7 Å². The van der Waals surface area contributed by atoms with Crippen molar-refractivity contribution in [2.75, 3.05) is 27.2 Å². The molecule has 150 valence electrons. The molecule has 2 aromatic rings. The number of hydrogen-bond acceptors (Lipinski definition) is 3. The van der Waals surface area contributed by atoms with Crippen LogP contribution in [0.1, 0.15) is 28.4 Å². The number of carbonyl (C=O) groups is 1. The third kappa shape index (κ3) is 6.46. The molecule has 28 heavy (non-hydrogen) atoms. The van der Waals surface area contributed by atoms with Gasteiger partial charge in [0.1, 0.15) is 5.75 Å². The summed E-state index contributed by atoms with van der Waals surface area (Å²) in [6.07, 6.45) is 0.772. The first-order chi connectivity index (χ1) is 13.6. The van der Waals surface area contributed by atoms with Crippen LogP contribution in [0.25, 0.3) is 0 Å². The van der Waals surface area contributed by atoms with Crippen LogP contribution in [0, 0.1) is 0 Å². The van der Waals surface area contributed by atoms with Gasteiger partial charge >= 0.3 is 0 Å². The van der Waals surface area contributed by atoms with Crippen molar-refractivity contribution < 1.29 is 9.53 Å². The van der Waals surface area contributed by atoms with E-state index in [0.717, 1.165) is 35.8 Å². The molecule has 2 aromatic carbocycles. The quantitative estimate of drug-likeness (QED) is 0.468. The van der Waals surface area contributed by atoms with E-state index >= 15 is 0 Å². The van der Waals surface area contributed by atoms with E-state index in [0.29, 0.717) is 23.7 Å². The zero-order valence-corrected chi connectivity index (χ0v) is 17.3. The molecule has 0 radical (unpaired) electrons. The van der Waals surface area contributed by atoms with Crippen LogP contribution in [0.2, 0.25) is 5.02 Å². The standard InChI is InChI=1S/C21H27ClN4O2/c1-4-24-21(25-12-11-16-9-10-18(28-3)13-19(16)22)26-14-15-5-7-17(8-6-15)20(27)23-2/h5-10,13H,4,11-12,14H2,1-3H3,(H,23,27)(H2,24,25,26). The topological polar surface area (TPSA) is 74.8 Å². The number of carbonyl (C=O) groups excluding carboxylic acids is 1. The summed E-state index contributed by atoms with van der Waals surface area (Å²) in [5, 5.41) is 9.86. The molecule has 0 atom stereocenters. The molecule has 7 heteroatoms. The lowest BCUT2D eigenvalue weighted by atomic mass is 10.1. The predicted molar refractivity (Wildman–Crippen MR) is 114 cm³/mol. The molecular weight excluding hydrogens is 376 g/mol.